The maximum absolute atomic E-state index is 6.16. The van der Waals surface area contributed by atoms with E-state index < -0.39 is 0 Å². The van der Waals surface area contributed by atoms with E-state index in [1.54, 1.807) is 0 Å². The average molecular weight is 300 g/mol. The van der Waals surface area contributed by atoms with E-state index in [1.807, 2.05) is 0 Å². The first-order chi connectivity index (χ1) is 9.72. The second-order valence-corrected chi connectivity index (χ2v) is 7.68. The minimum absolute atomic E-state index is 0.170. The molecular weight excluding hydrogens is 272 g/mol. The quantitative estimate of drug-likeness (QED) is 0.847. The van der Waals surface area contributed by atoms with Crippen LogP contribution in [-0.4, -0.2) is 74.6 Å². The molecule has 1 spiro atoms. The third-order valence-corrected chi connectivity index (χ3v) is 6.36. The fourth-order valence-electron chi connectivity index (χ4n) is 3.99. The van der Waals surface area contributed by atoms with E-state index in [-0.39, 0.29) is 5.60 Å². The zero-order chi connectivity index (χ0) is 14.0. The molecule has 0 amide bonds. The molecule has 3 aliphatic rings. The van der Waals surface area contributed by atoms with Crippen LogP contribution in [0, 0.1) is 5.92 Å². The van der Waals surface area contributed by atoms with Crippen molar-refractivity contribution < 1.29 is 9.47 Å². The van der Waals surface area contributed by atoms with Crippen LogP contribution >= 0.6 is 11.8 Å². The molecule has 3 fully saturated rings. The normalized spacial score (nSPS) is 41.1. The van der Waals surface area contributed by atoms with Crippen molar-refractivity contribution in [1.82, 2.24) is 10.2 Å². The van der Waals surface area contributed by atoms with Crippen LogP contribution in [0.3, 0.4) is 0 Å². The third-order valence-electron chi connectivity index (χ3n) is 5.14. The highest BCUT2D eigenvalue weighted by atomic mass is 32.2. The van der Waals surface area contributed by atoms with Gasteiger partial charge in [0.1, 0.15) is 0 Å². The number of thioether (sulfide) groups is 1. The van der Waals surface area contributed by atoms with Gasteiger partial charge in [-0.25, -0.2) is 0 Å². The number of nitrogens with one attached hydrogen (secondary N) is 1. The number of nitrogens with zero attached hydrogens (tertiary/aromatic N) is 1. The summed E-state index contributed by atoms with van der Waals surface area (Å²) in [6.45, 7) is 3.89. The molecule has 4 unspecified atom stereocenters. The first kappa shape index (κ1) is 15.1. The molecular formula is C15H28N2O2S. The molecule has 116 valence electrons. The van der Waals surface area contributed by atoms with Gasteiger partial charge in [-0.05, 0) is 45.0 Å². The lowest BCUT2D eigenvalue weighted by molar-refractivity contribution is -0.106. The van der Waals surface area contributed by atoms with Crippen LogP contribution in [0.25, 0.3) is 0 Å². The zero-order valence-electron chi connectivity index (χ0n) is 12.8. The Morgan fingerprint density at radius 3 is 3.00 bits per heavy atom. The van der Waals surface area contributed by atoms with Gasteiger partial charge in [0.15, 0.2) is 0 Å². The van der Waals surface area contributed by atoms with Gasteiger partial charge in [0.2, 0.25) is 0 Å². The lowest BCUT2D eigenvalue weighted by atomic mass is 9.79. The summed E-state index contributed by atoms with van der Waals surface area (Å²) in [4.78, 5) is 2.39. The second-order valence-electron chi connectivity index (χ2n) is 6.57. The Hall–Kier alpha value is 0.190. The number of hydrogen-bond acceptors (Lipinski definition) is 5. The molecule has 0 aromatic rings. The summed E-state index contributed by atoms with van der Waals surface area (Å²) in [7, 11) is 4.29. The summed E-state index contributed by atoms with van der Waals surface area (Å²) in [6, 6.07) is 0.462. The molecule has 20 heavy (non-hydrogen) atoms. The molecule has 4 atom stereocenters. The number of rotatable bonds is 3. The maximum atomic E-state index is 6.16. The van der Waals surface area contributed by atoms with Crippen molar-refractivity contribution in [2.24, 2.45) is 5.92 Å². The number of ether oxygens (including phenoxy) is 2. The van der Waals surface area contributed by atoms with E-state index in [9.17, 15) is 0 Å². The number of hydrogen-bond donors (Lipinski definition) is 1. The summed E-state index contributed by atoms with van der Waals surface area (Å²) >= 11 is 2.05. The lowest BCUT2D eigenvalue weighted by Crippen LogP contribution is -2.56. The van der Waals surface area contributed by atoms with E-state index >= 15 is 0 Å². The Morgan fingerprint density at radius 1 is 1.40 bits per heavy atom. The molecule has 3 heterocycles. The van der Waals surface area contributed by atoms with Crippen LogP contribution < -0.4 is 5.32 Å². The van der Waals surface area contributed by atoms with Crippen LogP contribution in [-0.2, 0) is 9.47 Å². The van der Waals surface area contributed by atoms with Crippen LogP contribution in [0.15, 0.2) is 0 Å². The van der Waals surface area contributed by atoms with E-state index in [4.69, 9.17) is 9.47 Å². The predicted octanol–water partition coefficient (Wildman–Crippen LogP) is 1.21. The van der Waals surface area contributed by atoms with Gasteiger partial charge in [-0.15, -0.1) is 0 Å². The van der Waals surface area contributed by atoms with Crippen molar-refractivity contribution in [3.8, 4) is 0 Å². The van der Waals surface area contributed by atoms with Crippen LogP contribution in [0.4, 0.5) is 0 Å². The SMILES string of the molecule is CNC(C1CCOC2(CCSC2)C1)C1CN(C)CCO1. The van der Waals surface area contributed by atoms with Gasteiger partial charge in [0, 0.05) is 31.5 Å². The van der Waals surface area contributed by atoms with Crippen molar-refractivity contribution in [2.75, 3.05) is 51.9 Å². The van der Waals surface area contributed by atoms with Gasteiger partial charge in [-0.3, -0.25) is 0 Å². The van der Waals surface area contributed by atoms with Gasteiger partial charge < -0.3 is 19.7 Å². The number of likely N-dealkylation sites (N-methyl/N-ethyl adjacent to an activating group) is 2. The van der Waals surface area contributed by atoms with E-state index in [0.717, 1.165) is 26.3 Å². The molecule has 4 nitrogen and oxygen atoms in total. The van der Waals surface area contributed by atoms with Gasteiger partial charge in [-0.2, -0.15) is 11.8 Å². The highest BCUT2D eigenvalue weighted by Crippen LogP contribution is 2.41. The summed E-state index contributed by atoms with van der Waals surface area (Å²) in [5.41, 5.74) is 0.170. The standard InChI is InChI=1S/C15H28N2O2S/c1-16-14(13-10-17(2)5-7-18-13)12-3-6-19-15(9-12)4-8-20-11-15/h12-14,16H,3-11H2,1-2H3. The molecule has 0 aliphatic carbocycles. The Kier molecular flexibility index (Phi) is 4.93. The topological polar surface area (TPSA) is 33.7 Å². The summed E-state index contributed by atoms with van der Waals surface area (Å²) < 4.78 is 12.2. The molecule has 3 saturated heterocycles. The van der Waals surface area contributed by atoms with Gasteiger partial charge in [0.05, 0.1) is 18.3 Å². The van der Waals surface area contributed by atoms with Crippen molar-refractivity contribution in [3.63, 3.8) is 0 Å². The van der Waals surface area contributed by atoms with E-state index in [0.29, 0.717) is 18.1 Å². The Bertz CT molecular complexity index is 323. The largest absolute Gasteiger partial charge is 0.374 e. The molecule has 3 aliphatic heterocycles. The van der Waals surface area contributed by atoms with Crippen molar-refractivity contribution >= 4 is 11.8 Å². The fourth-order valence-corrected chi connectivity index (χ4v) is 5.37. The molecule has 5 heteroatoms. The van der Waals surface area contributed by atoms with Crippen LogP contribution in [0.2, 0.25) is 0 Å². The summed E-state index contributed by atoms with van der Waals surface area (Å²) in [5.74, 6) is 3.13. The highest BCUT2D eigenvalue weighted by Gasteiger charge is 2.44. The van der Waals surface area contributed by atoms with Crippen molar-refractivity contribution in [2.45, 2.75) is 37.0 Å². The molecule has 0 radical (unpaired) electrons. The Morgan fingerprint density at radius 2 is 2.30 bits per heavy atom. The van der Waals surface area contributed by atoms with Crippen molar-refractivity contribution in [1.29, 1.82) is 0 Å². The third kappa shape index (κ3) is 3.17. The van der Waals surface area contributed by atoms with Crippen molar-refractivity contribution in [3.05, 3.63) is 0 Å². The average Bonchev–Trinajstić information content (AvgIpc) is 2.88. The lowest BCUT2D eigenvalue weighted by Gasteiger charge is -2.44. The van der Waals surface area contributed by atoms with Gasteiger partial charge >= 0.3 is 0 Å². The molecule has 3 rings (SSSR count). The van der Waals surface area contributed by atoms with Gasteiger partial charge in [0.25, 0.3) is 0 Å². The minimum atomic E-state index is 0.170. The van der Waals surface area contributed by atoms with Gasteiger partial charge in [-0.1, -0.05) is 0 Å². The Labute approximate surface area is 126 Å². The summed E-state index contributed by atoms with van der Waals surface area (Å²) in [5, 5.41) is 3.55. The van der Waals surface area contributed by atoms with Crippen LogP contribution in [0.5, 0.6) is 0 Å². The molecule has 0 aromatic heterocycles. The second kappa shape index (κ2) is 6.53. The minimum Gasteiger partial charge on any atom is -0.374 e. The Balaban J connectivity index is 1.65. The predicted molar refractivity (Wildman–Crippen MR) is 83.4 cm³/mol. The van der Waals surface area contributed by atoms with E-state index in [2.05, 4.69) is 36.1 Å². The summed E-state index contributed by atoms with van der Waals surface area (Å²) in [6.07, 6.45) is 3.93. The maximum Gasteiger partial charge on any atom is 0.0857 e. The molecule has 1 N–H and O–H groups in total. The molecule has 0 saturated carbocycles. The van der Waals surface area contributed by atoms with E-state index in [1.165, 1.54) is 30.8 Å². The molecule has 0 aromatic carbocycles. The monoisotopic (exact) mass is 300 g/mol. The highest BCUT2D eigenvalue weighted by molar-refractivity contribution is 7.99. The first-order valence-corrected chi connectivity index (χ1v) is 9.07. The fraction of sp³-hybridized carbons (Fsp3) is 1.00. The van der Waals surface area contributed by atoms with Crippen LogP contribution in [0.1, 0.15) is 19.3 Å². The zero-order valence-corrected chi connectivity index (χ0v) is 13.6. The molecule has 0 bridgehead atoms. The first-order valence-electron chi connectivity index (χ1n) is 7.91. The smallest absolute Gasteiger partial charge is 0.0857 e. The number of morpholine rings is 1.